The highest BCUT2D eigenvalue weighted by Crippen LogP contribution is 2.16. The summed E-state index contributed by atoms with van der Waals surface area (Å²) in [4.78, 5) is 11.5. The summed E-state index contributed by atoms with van der Waals surface area (Å²) in [6.07, 6.45) is 5.70. The lowest BCUT2D eigenvalue weighted by atomic mass is 10.0. The van der Waals surface area contributed by atoms with Gasteiger partial charge in [0.1, 0.15) is 0 Å². The van der Waals surface area contributed by atoms with Gasteiger partial charge in [-0.2, -0.15) is 0 Å². The normalized spacial score (nSPS) is 12.2. The molecule has 1 atom stereocenters. The van der Waals surface area contributed by atoms with Crippen LogP contribution in [0.4, 0.5) is 0 Å². The van der Waals surface area contributed by atoms with Crippen LogP contribution in [0.1, 0.15) is 29.8 Å². The molecule has 0 bridgehead atoms. The van der Waals surface area contributed by atoms with Crippen molar-refractivity contribution in [2.24, 2.45) is 0 Å². The van der Waals surface area contributed by atoms with Gasteiger partial charge < -0.3 is 4.90 Å². The second-order valence-corrected chi connectivity index (χ2v) is 6.75. The molecule has 0 saturated carbocycles. The Morgan fingerprint density at radius 1 is 0.731 bits per heavy atom. The smallest absolute Gasteiger partial charge is 0.0416 e. The third-order valence-corrected chi connectivity index (χ3v) is 4.72. The van der Waals surface area contributed by atoms with Gasteiger partial charge in [-0.15, -0.1) is 0 Å². The summed E-state index contributed by atoms with van der Waals surface area (Å²) in [5, 5.41) is 0. The van der Waals surface area contributed by atoms with E-state index >= 15 is 0 Å². The maximum atomic E-state index is 4.47. The van der Waals surface area contributed by atoms with Crippen LogP contribution in [0.5, 0.6) is 0 Å². The van der Waals surface area contributed by atoms with Gasteiger partial charge in [0.15, 0.2) is 0 Å². The average Bonchev–Trinajstić information content (AvgIpc) is 2.72. The van der Waals surface area contributed by atoms with E-state index in [1.165, 1.54) is 5.56 Å². The zero-order chi connectivity index (χ0) is 18.0. The molecule has 0 amide bonds. The van der Waals surface area contributed by atoms with Crippen molar-refractivity contribution < 1.29 is 0 Å². The number of benzene rings is 1. The van der Waals surface area contributed by atoms with Crippen LogP contribution < -0.4 is 0 Å². The molecule has 3 aromatic rings. The summed E-state index contributed by atoms with van der Waals surface area (Å²) in [5.41, 5.74) is 3.71. The van der Waals surface area contributed by atoms with Crippen molar-refractivity contribution in [3.05, 3.63) is 96.1 Å². The first-order chi connectivity index (χ1) is 12.8. The van der Waals surface area contributed by atoms with E-state index in [1.807, 2.05) is 24.5 Å². The van der Waals surface area contributed by atoms with E-state index in [0.717, 1.165) is 43.9 Å². The first kappa shape index (κ1) is 18.3. The molecule has 3 heteroatoms. The second-order valence-electron chi connectivity index (χ2n) is 6.75. The monoisotopic (exact) mass is 345 g/mol. The molecule has 0 N–H and O–H groups in total. The summed E-state index contributed by atoms with van der Waals surface area (Å²) in [6.45, 7) is 5.38. The molecule has 2 aromatic heterocycles. The van der Waals surface area contributed by atoms with Gasteiger partial charge in [-0.05, 0) is 35.7 Å². The summed E-state index contributed by atoms with van der Waals surface area (Å²) in [6, 6.07) is 23.1. The standard InChI is InChI=1S/C23H27N3/c1-20(21-9-3-2-4-10-21)19-26(17-13-22-11-5-7-15-24-22)18-14-23-12-6-8-16-25-23/h2-12,15-16,20H,13-14,17-19H2,1H3. The Morgan fingerprint density at radius 2 is 1.27 bits per heavy atom. The predicted octanol–water partition coefficient (Wildman–Crippen LogP) is 4.37. The SMILES string of the molecule is CC(CN(CCc1ccccn1)CCc1ccccn1)c1ccccc1. The van der Waals surface area contributed by atoms with Crippen LogP contribution in [0.25, 0.3) is 0 Å². The molecule has 1 aromatic carbocycles. The fourth-order valence-electron chi connectivity index (χ4n) is 3.21. The second kappa shape index (κ2) is 9.83. The Kier molecular flexibility index (Phi) is 6.91. The summed E-state index contributed by atoms with van der Waals surface area (Å²) < 4.78 is 0. The van der Waals surface area contributed by atoms with Gasteiger partial charge in [-0.25, -0.2) is 0 Å². The molecule has 3 rings (SSSR count). The lowest BCUT2D eigenvalue weighted by Gasteiger charge is -2.26. The van der Waals surface area contributed by atoms with E-state index < -0.39 is 0 Å². The molecule has 0 saturated heterocycles. The number of nitrogens with zero attached hydrogens (tertiary/aromatic N) is 3. The third kappa shape index (κ3) is 5.78. The highest BCUT2D eigenvalue weighted by molar-refractivity contribution is 5.19. The van der Waals surface area contributed by atoms with Gasteiger partial charge in [-0.1, -0.05) is 49.4 Å². The van der Waals surface area contributed by atoms with Gasteiger partial charge >= 0.3 is 0 Å². The van der Waals surface area contributed by atoms with E-state index in [9.17, 15) is 0 Å². The largest absolute Gasteiger partial charge is 0.302 e. The van der Waals surface area contributed by atoms with Crippen molar-refractivity contribution in [2.75, 3.05) is 19.6 Å². The molecular formula is C23H27N3. The fraction of sp³-hybridized carbons (Fsp3) is 0.304. The van der Waals surface area contributed by atoms with Crippen LogP contribution in [-0.2, 0) is 12.8 Å². The Balaban J connectivity index is 1.62. The number of hydrogen-bond donors (Lipinski definition) is 0. The van der Waals surface area contributed by atoms with E-state index in [0.29, 0.717) is 5.92 Å². The molecule has 0 aliphatic carbocycles. The molecule has 26 heavy (non-hydrogen) atoms. The van der Waals surface area contributed by atoms with Crippen LogP contribution in [0.2, 0.25) is 0 Å². The Hall–Kier alpha value is -2.52. The highest BCUT2D eigenvalue weighted by atomic mass is 15.1. The lowest BCUT2D eigenvalue weighted by molar-refractivity contribution is 0.265. The van der Waals surface area contributed by atoms with E-state index in [4.69, 9.17) is 0 Å². The quantitative estimate of drug-likeness (QED) is 0.577. The number of pyridine rings is 2. The zero-order valence-corrected chi connectivity index (χ0v) is 15.5. The summed E-state index contributed by atoms with van der Waals surface area (Å²) in [7, 11) is 0. The molecule has 3 nitrogen and oxygen atoms in total. The van der Waals surface area contributed by atoms with Crippen LogP contribution in [0.15, 0.2) is 79.1 Å². The molecular weight excluding hydrogens is 318 g/mol. The zero-order valence-electron chi connectivity index (χ0n) is 15.5. The predicted molar refractivity (Wildman–Crippen MR) is 107 cm³/mol. The van der Waals surface area contributed by atoms with Crippen LogP contribution >= 0.6 is 0 Å². The van der Waals surface area contributed by atoms with Gasteiger partial charge in [0, 0.05) is 56.3 Å². The molecule has 0 aliphatic rings. The Labute approximate surface area is 156 Å². The first-order valence-corrected chi connectivity index (χ1v) is 9.38. The number of hydrogen-bond acceptors (Lipinski definition) is 3. The van der Waals surface area contributed by atoms with Gasteiger partial charge in [0.25, 0.3) is 0 Å². The fourth-order valence-corrected chi connectivity index (χ4v) is 3.21. The van der Waals surface area contributed by atoms with Crippen molar-refractivity contribution in [3.63, 3.8) is 0 Å². The molecule has 0 fully saturated rings. The third-order valence-electron chi connectivity index (χ3n) is 4.72. The van der Waals surface area contributed by atoms with Crippen molar-refractivity contribution >= 4 is 0 Å². The van der Waals surface area contributed by atoms with Crippen LogP contribution in [0.3, 0.4) is 0 Å². The van der Waals surface area contributed by atoms with Crippen molar-refractivity contribution in [3.8, 4) is 0 Å². The Bertz CT molecular complexity index is 701. The van der Waals surface area contributed by atoms with Crippen molar-refractivity contribution in [1.29, 1.82) is 0 Å². The van der Waals surface area contributed by atoms with Gasteiger partial charge in [0.05, 0.1) is 0 Å². The number of rotatable bonds is 9. The first-order valence-electron chi connectivity index (χ1n) is 9.38. The van der Waals surface area contributed by atoms with E-state index in [2.05, 4.69) is 76.4 Å². The minimum Gasteiger partial charge on any atom is -0.302 e. The lowest BCUT2D eigenvalue weighted by Crippen LogP contribution is -2.32. The topological polar surface area (TPSA) is 29.0 Å². The van der Waals surface area contributed by atoms with Crippen molar-refractivity contribution in [1.82, 2.24) is 14.9 Å². The molecule has 134 valence electrons. The van der Waals surface area contributed by atoms with Crippen LogP contribution in [-0.4, -0.2) is 34.5 Å². The average molecular weight is 345 g/mol. The molecule has 0 radical (unpaired) electrons. The molecule has 2 heterocycles. The summed E-state index contributed by atoms with van der Waals surface area (Å²) in [5.74, 6) is 0.503. The van der Waals surface area contributed by atoms with Gasteiger partial charge in [-0.3, -0.25) is 9.97 Å². The maximum absolute atomic E-state index is 4.47. The Morgan fingerprint density at radius 3 is 1.77 bits per heavy atom. The van der Waals surface area contributed by atoms with E-state index in [1.54, 1.807) is 0 Å². The number of aromatic nitrogens is 2. The minimum absolute atomic E-state index is 0.503. The molecule has 0 spiro atoms. The highest BCUT2D eigenvalue weighted by Gasteiger charge is 2.13. The maximum Gasteiger partial charge on any atom is 0.0416 e. The van der Waals surface area contributed by atoms with Crippen molar-refractivity contribution in [2.45, 2.75) is 25.7 Å². The van der Waals surface area contributed by atoms with E-state index in [-0.39, 0.29) is 0 Å². The molecule has 0 aliphatic heterocycles. The summed E-state index contributed by atoms with van der Waals surface area (Å²) >= 11 is 0. The van der Waals surface area contributed by atoms with Gasteiger partial charge in [0.2, 0.25) is 0 Å². The minimum atomic E-state index is 0.503. The molecule has 1 unspecified atom stereocenters. The van der Waals surface area contributed by atoms with Crippen LogP contribution in [0, 0.1) is 0 Å².